The molecule has 0 aromatic carbocycles. The third kappa shape index (κ3) is 3.36. The number of thiazole rings is 1. The smallest absolute Gasteiger partial charge is 0.314 e. The zero-order valence-electron chi connectivity index (χ0n) is 13.6. The van der Waals surface area contributed by atoms with Gasteiger partial charge in [0.2, 0.25) is 0 Å². The maximum Gasteiger partial charge on any atom is 0.328 e. The summed E-state index contributed by atoms with van der Waals surface area (Å²) in [4.78, 5) is 33.9. The summed E-state index contributed by atoms with van der Waals surface area (Å²) < 4.78 is 1.10. The minimum Gasteiger partial charge on any atom is -0.314 e. The lowest BCUT2D eigenvalue weighted by Gasteiger charge is -2.23. The highest BCUT2D eigenvalue weighted by atomic mass is 32.1. The molecule has 2 heterocycles. The maximum atomic E-state index is 12.0. The number of aromatic amines is 1. The lowest BCUT2D eigenvalue weighted by molar-refractivity contribution is 0.259. The van der Waals surface area contributed by atoms with Crippen molar-refractivity contribution in [3.05, 3.63) is 48.2 Å². The Morgan fingerprint density at radius 1 is 1.41 bits per heavy atom. The highest BCUT2D eigenvalue weighted by molar-refractivity contribution is 7.11. The zero-order chi connectivity index (χ0) is 16.4. The number of aromatic nitrogens is 3. The van der Waals surface area contributed by atoms with Crippen molar-refractivity contribution in [1.82, 2.24) is 19.4 Å². The number of hydrogen-bond acceptors (Lipinski definition) is 5. The molecule has 2 rings (SSSR count). The van der Waals surface area contributed by atoms with E-state index in [0.717, 1.165) is 21.8 Å². The number of nitrogens with one attached hydrogen (secondary N) is 1. The summed E-state index contributed by atoms with van der Waals surface area (Å²) in [6.45, 7) is 6.94. The first kappa shape index (κ1) is 16.6. The minimum atomic E-state index is -0.385. The van der Waals surface area contributed by atoms with Crippen molar-refractivity contribution in [3.8, 4) is 0 Å². The normalized spacial score (nSPS) is 12.8. The Kier molecular flexibility index (Phi) is 4.97. The second kappa shape index (κ2) is 6.58. The van der Waals surface area contributed by atoms with Gasteiger partial charge in [-0.3, -0.25) is 14.3 Å². The summed E-state index contributed by atoms with van der Waals surface area (Å²) in [6.07, 6.45) is 2.11. The molecule has 0 saturated heterocycles. The van der Waals surface area contributed by atoms with Gasteiger partial charge in [0.15, 0.2) is 0 Å². The average Bonchev–Trinajstić information content (AvgIpc) is 2.81. The molecule has 0 radical (unpaired) electrons. The Labute approximate surface area is 133 Å². The highest BCUT2D eigenvalue weighted by Crippen LogP contribution is 2.25. The molecule has 0 aliphatic heterocycles. The van der Waals surface area contributed by atoms with E-state index in [1.165, 1.54) is 18.1 Å². The van der Waals surface area contributed by atoms with Crippen molar-refractivity contribution in [2.45, 2.75) is 33.2 Å². The van der Waals surface area contributed by atoms with E-state index in [1.807, 2.05) is 14.0 Å². The minimum absolute atomic E-state index is 0.191. The molecule has 2 aromatic heterocycles. The van der Waals surface area contributed by atoms with Crippen molar-refractivity contribution in [1.29, 1.82) is 0 Å². The van der Waals surface area contributed by atoms with Crippen LogP contribution in [0.25, 0.3) is 0 Å². The molecule has 0 bridgehead atoms. The lowest BCUT2D eigenvalue weighted by atomic mass is 10.1. The van der Waals surface area contributed by atoms with E-state index in [2.05, 4.69) is 28.7 Å². The molecule has 1 unspecified atom stereocenters. The van der Waals surface area contributed by atoms with Crippen LogP contribution in [0.2, 0.25) is 0 Å². The number of likely N-dealkylation sites (N-methyl/N-ethyl adjacent to an activating group) is 1. The summed E-state index contributed by atoms with van der Waals surface area (Å²) in [5.74, 6) is 0. The van der Waals surface area contributed by atoms with Gasteiger partial charge in [-0.25, -0.2) is 9.78 Å². The number of aryl methyl sites for hydroxylation is 2. The van der Waals surface area contributed by atoms with Gasteiger partial charge in [0.05, 0.1) is 16.7 Å². The van der Waals surface area contributed by atoms with Crippen molar-refractivity contribution in [2.24, 2.45) is 7.05 Å². The maximum absolute atomic E-state index is 12.0. The second-order valence-corrected chi connectivity index (χ2v) is 6.97. The Balaban J connectivity index is 2.08. The van der Waals surface area contributed by atoms with Gasteiger partial charge in [-0.2, -0.15) is 0 Å². The SMILES string of the molecule is Cc1nc(C(C)N(C)CCc2c[nH]c(=O)n(C)c2=O)c(C)s1. The molecule has 1 N–H and O–H groups in total. The van der Waals surface area contributed by atoms with Crippen LogP contribution in [0.5, 0.6) is 0 Å². The van der Waals surface area contributed by atoms with Crippen LogP contribution in [0.1, 0.15) is 34.1 Å². The average molecular weight is 322 g/mol. The quantitative estimate of drug-likeness (QED) is 0.903. The van der Waals surface area contributed by atoms with Gasteiger partial charge in [-0.15, -0.1) is 11.3 Å². The molecule has 0 fully saturated rings. The summed E-state index contributed by atoms with van der Waals surface area (Å²) in [5.41, 5.74) is 1.10. The van der Waals surface area contributed by atoms with Gasteiger partial charge in [0.1, 0.15) is 0 Å². The van der Waals surface area contributed by atoms with Crippen molar-refractivity contribution in [3.63, 3.8) is 0 Å². The van der Waals surface area contributed by atoms with Crippen LogP contribution in [0.4, 0.5) is 0 Å². The van der Waals surface area contributed by atoms with Crippen LogP contribution in [0.3, 0.4) is 0 Å². The predicted molar refractivity (Wildman–Crippen MR) is 88.6 cm³/mol. The van der Waals surface area contributed by atoms with Crippen LogP contribution < -0.4 is 11.2 Å². The Morgan fingerprint density at radius 2 is 2.09 bits per heavy atom. The number of rotatable bonds is 5. The van der Waals surface area contributed by atoms with Crippen molar-refractivity contribution >= 4 is 11.3 Å². The zero-order valence-corrected chi connectivity index (χ0v) is 14.5. The third-order valence-electron chi connectivity index (χ3n) is 3.98. The Hall–Kier alpha value is -1.73. The number of nitrogens with zero attached hydrogens (tertiary/aromatic N) is 3. The summed E-state index contributed by atoms with van der Waals surface area (Å²) in [6, 6.07) is 0.191. The van der Waals surface area contributed by atoms with Gasteiger partial charge in [0.25, 0.3) is 5.56 Å². The molecule has 1 atom stereocenters. The van der Waals surface area contributed by atoms with Crippen molar-refractivity contribution in [2.75, 3.05) is 13.6 Å². The second-order valence-electron chi connectivity index (χ2n) is 5.56. The fraction of sp³-hybridized carbons (Fsp3) is 0.533. The first-order chi connectivity index (χ1) is 10.3. The van der Waals surface area contributed by atoms with E-state index >= 15 is 0 Å². The highest BCUT2D eigenvalue weighted by Gasteiger charge is 2.18. The number of H-pyrrole nitrogens is 1. The molecule has 6 nitrogen and oxygen atoms in total. The Bertz CT molecular complexity index is 775. The first-order valence-corrected chi connectivity index (χ1v) is 8.04. The first-order valence-electron chi connectivity index (χ1n) is 7.23. The van der Waals surface area contributed by atoms with E-state index in [-0.39, 0.29) is 17.3 Å². The van der Waals surface area contributed by atoms with Crippen LogP contribution in [-0.2, 0) is 13.5 Å². The van der Waals surface area contributed by atoms with E-state index in [0.29, 0.717) is 12.0 Å². The predicted octanol–water partition coefficient (Wildman–Crippen LogP) is 1.38. The van der Waals surface area contributed by atoms with Gasteiger partial charge in [-0.1, -0.05) is 0 Å². The molecular weight excluding hydrogens is 300 g/mol. The molecule has 120 valence electrons. The molecule has 0 amide bonds. The molecule has 0 aliphatic rings. The summed E-state index contributed by atoms with van der Waals surface area (Å²) in [7, 11) is 3.51. The fourth-order valence-electron chi connectivity index (χ4n) is 2.43. The van der Waals surface area contributed by atoms with Crippen LogP contribution in [0, 0.1) is 13.8 Å². The van der Waals surface area contributed by atoms with Crippen LogP contribution >= 0.6 is 11.3 Å². The van der Waals surface area contributed by atoms with E-state index in [4.69, 9.17) is 0 Å². The third-order valence-corrected chi connectivity index (χ3v) is 4.89. The number of hydrogen-bond donors (Lipinski definition) is 1. The summed E-state index contributed by atoms with van der Waals surface area (Å²) >= 11 is 1.70. The van der Waals surface area contributed by atoms with E-state index in [9.17, 15) is 9.59 Å². The molecule has 7 heteroatoms. The summed E-state index contributed by atoms with van der Waals surface area (Å²) in [5, 5.41) is 1.07. The van der Waals surface area contributed by atoms with E-state index < -0.39 is 0 Å². The fourth-order valence-corrected chi connectivity index (χ4v) is 3.33. The van der Waals surface area contributed by atoms with Crippen LogP contribution in [-0.4, -0.2) is 33.0 Å². The molecule has 0 spiro atoms. The van der Waals surface area contributed by atoms with E-state index in [1.54, 1.807) is 11.3 Å². The largest absolute Gasteiger partial charge is 0.328 e. The van der Waals surface area contributed by atoms with Crippen molar-refractivity contribution < 1.29 is 0 Å². The van der Waals surface area contributed by atoms with Gasteiger partial charge >= 0.3 is 5.69 Å². The molecule has 0 aliphatic carbocycles. The van der Waals surface area contributed by atoms with Gasteiger partial charge < -0.3 is 4.98 Å². The lowest BCUT2D eigenvalue weighted by Crippen LogP contribution is -2.35. The molecule has 22 heavy (non-hydrogen) atoms. The monoisotopic (exact) mass is 322 g/mol. The Morgan fingerprint density at radius 3 is 2.68 bits per heavy atom. The van der Waals surface area contributed by atoms with Gasteiger partial charge in [-0.05, 0) is 34.2 Å². The van der Waals surface area contributed by atoms with Crippen LogP contribution in [0.15, 0.2) is 15.8 Å². The topological polar surface area (TPSA) is 71.0 Å². The standard InChI is InChI=1S/C15H22N4O2S/c1-9(13-10(2)22-11(3)17-13)18(4)7-6-12-8-16-15(21)19(5)14(12)20/h8-9H,6-7H2,1-5H3,(H,16,21). The van der Waals surface area contributed by atoms with Gasteiger partial charge in [0, 0.05) is 30.2 Å². The molecular formula is C15H22N4O2S. The molecule has 2 aromatic rings. The molecule has 0 saturated carbocycles.